The Kier molecular flexibility index (Phi) is 2.77. The molecule has 1 aliphatic rings. The minimum Gasteiger partial charge on any atom is -0.478 e. The standard InChI is InChI=1S/C14H17N3O2/c1-8-15-12(9-5-3-4-6-9)11-10(14(18)19)7-17(2)13(11)16-8/h7,9H,3-6H2,1-2H3,(H,18,19). The van der Waals surface area contributed by atoms with Crippen LogP contribution in [0.5, 0.6) is 0 Å². The van der Waals surface area contributed by atoms with E-state index in [9.17, 15) is 9.90 Å². The Morgan fingerprint density at radius 3 is 2.68 bits per heavy atom. The van der Waals surface area contributed by atoms with Gasteiger partial charge in [-0.1, -0.05) is 12.8 Å². The van der Waals surface area contributed by atoms with Crippen molar-refractivity contribution in [3.63, 3.8) is 0 Å². The predicted octanol–water partition coefficient (Wildman–Crippen LogP) is 2.63. The predicted molar refractivity (Wildman–Crippen MR) is 71.4 cm³/mol. The minimum atomic E-state index is -0.905. The molecule has 2 heterocycles. The third kappa shape index (κ3) is 1.89. The van der Waals surface area contributed by atoms with Crippen molar-refractivity contribution in [3.8, 4) is 0 Å². The van der Waals surface area contributed by atoms with Gasteiger partial charge in [0.15, 0.2) is 0 Å². The Morgan fingerprint density at radius 2 is 2.05 bits per heavy atom. The summed E-state index contributed by atoms with van der Waals surface area (Å²) in [6.45, 7) is 1.87. The maximum Gasteiger partial charge on any atom is 0.338 e. The average molecular weight is 259 g/mol. The zero-order valence-corrected chi connectivity index (χ0v) is 11.2. The zero-order valence-electron chi connectivity index (χ0n) is 11.2. The molecule has 100 valence electrons. The fourth-order valence-electron chi connectivity index (χ4n) is 3.07. The molecule has 19 heavy (non-hydrogen) atoms. The number of aromatic nitrogens is 3. The van der Waals surface area contributed by atoms with E-state index in [1.54, 1.807) is 10.8 Å². The smallest absolute Gasteiger partial charge is 0.338 e. The lowest BCUT2D eigenvalue weighted by atomic mass is 9.99. The Morgan fingerprint density at radius 1 is 1.37 bits per heavy atom. The number of nitrogens with zero attached hydrogens (tertiary/aromatic N) is 3. The van der Waals surface area contributed by atoms with Crippen LogP contribution >= 0.6 is 0 Å². The number of aryl methyl sites for hydroxylation is 2. The van der Waals surface area contributed by atoms with Crippen LogP contribution in [0.15, 0.2) is 6.20 Å². The molecule has 0 aliphatic heterocycles. The van der Waals surface area contributed by atoms with E-state index in [2.05, 4.69) is 9.97 Å². The molecule has 0 atom stereocenters. The molecule has 0 saturated heterocycles. The molecule has 0 bridgehead atoms. The normalized spacial score (nSPS) is 16.3. The van der Waals surface area contributed by atoms with Gasteiger partial charge in [0.2, 0.25) is 0 Å². The number of fused-ring (bicyclic) bond motifs is 1. The highest BCUT2D eigenvalue weighted by molar-refractivity contribution is 6.03. The van der Waals surface area contributed by atoms with Gasteiger partial charge in [-0.3, -0.25) is 0 Å². The van der Waals surface area contributed by atoms with Crippen molar-refractivity contribution in [2.75, 3.05) is 0 Å². The van der Waals surface area contributed by atoms with Crippen molar-refractivity contribution in [2.24, 2.45) is 7.05 Å². The number of carbonyl (C=O) groups is 1. The summed E-state index contributed by atoms with van der Waals surface area (Å²) in [6, 6.07) is 0. The number of hydrogen-bond acceptors (Lipinski definition) is 3. The SMILES string of the molecule is Cc1nc(C2CCCC2)c2c(C(=O)O)cn(C)c2n1. The van der Waals surface area contributed by atoms with E-state index in [1.807, 2.05) is 14.0 Å². The van der Waals surface area contributed by atoms with Crippen LogP contribution in [0, 0.1) is 6.92 Å². The number of rotatable bonds is 2. The van der Waals surface area contributed by atoms with Gasteiger partial charge in [0.25, 0.3) is 0 Å². The summed E-state index contributed by atoms with van der Waals surface area (Å²) in [5.41, 5.74) is 1.98. The molecule has 2 aromatic rings. The molecule has 1 saturated carbocycles. The second kappa shape index (κ2) is 4.33. The van der Waals surface area contributed by atoms with Gasteiger partial charge in [0.1, 0.15) is 11.5 Å². The maximum absolute atomic E-state index is 11.4. The summed E-state index contributed by atoms with van der Waals surface area (Å²) >= 11 is 0. The highest BCUT2D eigenvalue weighted by Gasteiger charge is 2.26. The highest BCUT2D eigenvalue weighted by Crippen LogP contribution is 2.37. The molecule has 0 aromatic carbocycles. The van der Waals surface area contributed by atoms with E-state index >= 15 is 0 Å². The molecule has 1 aliphatic carbocycles. The minimum absolute atomic E-state index is 0.319. The van der Waals surface area contributed by atoms with Gasteiger partial charge < -0.3 is 9.67 Å². The molecule has 1 N–H and O–H groups in total. The molecule has 3 rings (SSSR count). The lowest BCUT2D eigenvalue weighted by Gasteiger charge is -2.11. The molecule has 1 fully saturated rings. The van der Waals surface area contributed by atoms with Gasteiger partial charge in [-0.2, -0.15) is 0 Å². The summed E-state index contributed by atoms with van der Waals surface area (Å²) in [4.78, 5) is 20.4. The van der Waals surface area contributed by atoms with Crippen LogP contribution in [0.25, 0.3) is 11.0 Å². The van der Waals surface area contributed by atoms with Gasteiger partial charge in [-0.15, -0.1) is 0 Å². The fraction of sp³-hybridized carbons (Fsp3) is 0.500. The van der Waals surface area contributed by atoms with Crippen LogP contribution in [-0.2, 0) is 7.05 Å². The molecular formula is C14H17N3O2. The summed E-state index contributed by atoms with van der Waals surface area (Å²) in [6.07, 6.45) is 6.23. The van der Waals surface area contributed by atoms with Gasteiger partial charge >= 0.3 is 5.97 Å². The summed E-state index contributed by atoms with van der Waals surface area (Å²) in [7, 11) is 1.83. The topological polar surface area (TPSA) is 68.0 Å². The second-order valence-corrected chi connectivity index (χ2v) is 5.29. The summed E-state index contributed by atoms with van der Waals surface area (Å²) in [5.74, 6) is 0.189. The molecule has 5 heteroatoms. The monoisotopic (exact) mass is 259 g/mol. The first-order valence-corrected chi connectivity index (χ1v) is 6.65. The molecule has 2 aromatic heterocycles. The van der Waals surface area contributed by atoms with Gasteiger partial charge in [0, 0.05) is 19.2 Å². The Bertz CT molecular complexity index is 654. The third-order valence-corrected chi connectivity index (χ3v) is 3.93. The fourth-order valence-corrected chi connectivity index (χ4v) is 3.07. The largest absolute Gasteiger partial charge is 0.478 e. The van der Waals surface area contributed by atoms with E-state index in [4.69, 9.17) is 0 Å². The number of hydrogen-bond donors (Lipinski definition) is 1. The molecule has 0 radical (unpaired) electrons. The second-order valence-electron chi connectivity index (χ2n) is 5.29. The molecule has 0 amide bonds. The van der Waals surface area contributed by atoms with Gasteiger partial charge in [-0.05, 0) is 19.8 Å². The van der Waals surface area contributed by atoms with Gasteiger partial charge in [0.05, 0.1) is 16.6 Å². The first-order valence-electron chi connectivity index (χ1n) is 6.65. The Balaban J connectivity index is 2.32. The number of carboxylic acid groups (broad SMARTS) is 1. The highest BCUT2D eigenvalue weighted by atomic mass is 16.4. The first-order chi connectivity index (χ1) is 9.08. The molecular weight excluding hydrogens is 242 g/mol. The van der Waals surface area contributed by atoms with Crippen molar-refractivity contribution in [1.29, 1.82) is 0 Å². The van der Waals surface area contributed by atoms with E-state index in [0.29, 0.717) is 17.3 Å². The summed E-state index contributed by atoms with van der Waals surface area (Å²) < 4.78 is 1.78. The number of aromatic carboxylic acids is 1. The first kappa shape index (κ1) is 12.1. The average Bonchev–Trinajstić information content (AvgIpc) is 2.97. The molecule has 5 nitrogen and oxygen atoms in total. The van der Waals surface area contributed by atoms with Crippen LogP contribution in [-0.4, -0.2) is 25.6 Å². The van der Waals surface area contributed by atoms with Crippen molar-refractivity contribution in [1.82, 2.24) is 14.5 Å². The van der Waals surface area contributed by atoms with Crippen LogP contribution in [0.4, 0.5) is 0 Å². The molecule has 0 unspecified atom stereocenters. The summed E-state index contributed by atoms with van der Waals surface area (Å²) in [5, 5.41) is 10.1. The Labute approximate surface area is 111 Å². The number of carboxylic acids is 1. The van der Waals surface area contributed by atoms with Gasteiger partial charge in [-0.25, -0.2) is 14.8 Å². The van der Waals surface area contributed by atoms with Crippen molar-refractivity contribution < 1.29 is 9.90 Å². The van der Waals surface area contributed by atoms with E-state index in [-0.39, 0.29) is 0 Å². The van der Waals surface area contributed by atoms with Crippen molar-refractivity contribution in [3.05, 3.63) is 23.3 Å². The Hall–Kier alpha value is -1.91. The molecule has 0 spiro atoms. The maximum atomic E-state index is 11.4. The quantitative estimate of drug-likeness (QED) is 0.900. The lowest BCUT2D eigenvalue weighted by molar-refractivity contribution is 0.0698. The van der Waals surface area contributed by atoms with Crippen LogP contribution in [0.2, 0.25) is 0 Å². The van der Waals surface area contributed by atoms with E-state index in [0.717, 1.165) is 29.6 Å². The lowest BCUT2D eigenvalue weighted by Crippen LogP contribution is -2.04. The van der Waals surface area contributed by atoms with Crippen LogP contribution in [0.1, 0.15) is 53.5 Å². The van der Waals surface area contributed by atoms with Crippen LogP contribution in [0.3, 0.4) is 0 Å². The van der Waals surface area contributed by atoms with Crippen LogP contribution < -0.4 is 0 Å². The zero-order chi connectivity index (χ0) is 13.6. The van der Waals surface area contributed by atoms with E-state index < -0.39 is 5.97 Å². The van der Waals surface area contributed by atoms with Crippen molar-refractivity contribution >= 4 is 17.0 Å². The van der Waals surface area contributed by atoms with E-state index in [1.165, 1.54) is 12.8 Å². The third-order valence-electron chi connectivity index (χ3n) is 3.93. The van der Waals surface area contributed by atoms with Crippen molar-refractivity contribution in [2.45, 2.75) is 38.5 Å².